The van der Waals surface area contributed by atoms with E-state index in [1.807, 2.05) is 6.20 Å². The van der Waals surface area contributed by atoms with Crippen LogP contribution in [0, 0.1) is 0 Å². The minimum atomic E-state index is 0.151. The van der Waals surface area contributed by atoms with Crippen molar-refractivity contribution in [2.45, 2.75) is 39.3 Å². The van der Waals surface area contributed by atoms with Crippen molar-refractivity contribution < 1.29 is 0 Å². The van der Waals surface area contributed by atoms with Crippen molar-refractivity contribution in [1.29, 1.82) is 0 Å². The Bertz CT molecular complexity index is 479. The Morgan fingerprint density at radius 3 is 2.83 bits per heavy atom. The van der Waals surface area contributed by atoms with Crippen LogP contribution in [0.1, 0.15) is 33.7 Å². The molecule has 0 saturated carbocycles. The van der Waals surface area contributed by atoms with Crippen LogP contribution in [0.2, 0.25) is 0 Å². The van der Waals surface area contributed by atoms with Crippen LogP contribution in [-0.4, -0.2) is 21.6 Å². The monoisotopic (exact) mass is 263 g/mol. The quantitative estimate of drug-likeness (QED) is 0.914. The fourth-order valence-electron chi connectivity index (χ4n) is 1.82. The van der Waals surface area contributed by atoms with E-state index in [1.54, 1.807) is 11.3 Å². The molecule has 0 aliphatic carbocycles. The van der Waals surface area contributed by atoms with Gasteiger partial charge in [-0.2, -0.15) is 0 Å². The lowest BCUT2D eigenvalue weighted by Gasteiger charge is -2.24. The highest BCUT2D eigenvalue weighted by atomic mass is 32.1. The number of nitrogens with zero attached hydrogens (tertiary/aromatic N) is 2. The lowest BCUT2D eigenvalue weighted by molar-refractivity contribution is 0.380. The lowest BCUT2D eigenvalue weighted by Crippen LogP contribution is -2.39. The van der Waals surface area contributed by atoms with Gasteiger partial charge in [-0.25, -0.2) is 4.98 Å². The highest BCUT2D eigenvalue weighted by Crippen LogP contribution is 2.25. The minimum absolute atomic E-state index is 0.151. The number of rotatable bonds is 4. The van der Waals surface area contributed by atoms with Crippen molar-refractivity contribution in [3.63, 3.8) is 0 Å². The van der Waals surface area contributed by atoms with Crippen LogP contribution in [0.3, 0.4) is 0 Å². The molecule has 4 heteroatoms. The first-order valence-corrected chi connectivity index (χ1v) is 7.17. The van der Waals surface area contributed by atoms with Gasteiger partial charge in [0.15, 0.2) is 0 Å². The fraction of sp³-hybridized carbons (Fsp3) is 0.500. The van der Waals surface area contributed by atoms with E-state index in [1.165, 1.54) is 4.88 Å². The summed E-state index contributed by atoms with van der Waals surface area (Å²) < 4.78 is 2.24. The average Bonchev–Trinajstić information content (AvgIpc) is 2.94. The number of nitrogens with one attached hydrogen (secondary N) is 1. The number of thiophene rings is 1. The average molecular weight is 263 g/mol. The maximum absolute atomic E-state index is 4.47. The predicted molar refractivity (Wildman–Crippen MR) is 78.0 cm³/mol. The fourth-order valence-corrected chi connectivity index (χ4v) is 2.54. The van der Waals surface area contributed by atoms with E-state index in [2.05, 4.69) is 66.3 Å². The van der Waals surface area contributed by atoms with Crippen LogP contribution in [0.4, 0.5) is 0 Å². The predicted octanol–water partition coefficient (Wildman–Crippen LogP) is 3.56. The van der Waals surface area contributed by atoms with Crippen molar-refractivity contribution in [2.75, 3.05) is 6.54 Å². The number of aromatic nitrogens is 2. The maximum atomic E-state index is 4.47. The van der Waals surface area contributed by atoms with Crippen molar-refractivity contribution in [3.05, 3.63) is 29.9 Å². The van der Waals surface area contributed by atoms with Gasteiger partial charge in [0.05, 0.1) is 4.88 Å². The minimum Gasteiger partial charge on any atom is -0.326 e. The normalized spacial score (nSPS) is 13.8. The summed E-state index contributed by atoms with van der Waals surface area (Å²) in [5.41, 5.74) is 0.151. The zero-order valence-electron chi connectivity index (χ0n) is 11.5. The molecule has 0 aromatic carbocycles. The van der Waals surface area contributed by atoms with E-state index in [9.17, 15) is 0 Å². The summed E-state index contributed by atoms with van der Waals surface area (Å²) in [6, 6.07) is 4.58. The highest BCUT2D eigenvalue weighted by molar-refractivity contribution is 7.13. The number of hydrogen-bond acceptors (Lipinski definition) is 3. The zero-order valence-corrected chi connectivity index (χ0v) is 12.3. The largest absolute Gasteiger partial charge is 0.326 e. The Hall–Kier alpha value is -1.13. The van der Waals surface area contributed by atoms with Crippen LogP contribution in [-0.2, 0) is 0 Å². The van der Waals surface area contributed by atoms with Crippen LogP contribution < -0.4 is 5.32 Å². The van der Waals surface area contributed by atoms with Crippen LogP contribution in [0.25, 0.3) is 10.7 Å². The second-order valence-electron chi connectivity index (χ2n) is 5.62. The first kappa shape index (κ1) is 13.3. The summed E-state index contributed by atoms with van der Waals surface area (Å²) in [5, 5.41) is 5.63. The summed E-state index contributed by atoms with van der Waals surface area (Å²) in [5.74, 6) is 1.06. The molecule has 0 aliphatic rings. The van der Waals surface area contributed by atoms with Crippen molar-refractivity contribution in [2.24, 2.45) is 0 Å². The standard InChI is InChI=1S/C14H21N3S/c1-11(10-16-14(2,3)4)17-8-7-15-13(17)12-6-5-9-18-12/h5-9,11,16H,10H2,1-4H3. The molecule has 2 heterocycles. The van der Waals surface area contributed by atoms with E-state index in [0.29, 0.717) is 6.04 Å². The van der Waals surface area contributed by atoms with Gasteiger partial charge in [0, 0.05) is 30.5 Å². The van der Waals surface area contributed by atoms with Gasteiger partial charge in [0.2, 0.25) is 0 Å². The summed E-state index contributed by atoms with van der Waals surface area (Å²) in [6.07, 6.45) is 3.94. The summed E-state index contributed by atoms with van der Waals surface area (Å²) in [7, 11) is 0. The lowest BCUT2D eigenvalue weighted by atomic mass is 10.1. The van der Waals surface area contributed by atoms with E-state index in [-0.39, 0.29) is 5.54 Å². The third-order valence-corrected chi connectivity index (χ3v) is 3.68. The molecule has 0 radical (unpaired) electrons. The molecule has 18 heavy (non-hydrogen) atoms. The molecule has 0 bridgehead atoms. The van der Waals surface area contributed by atoms with Gasteiger partial charge in [-0.3, -0.25) is 0 Å². The van der Waals surface area contributed by atoms with E-state index in [0.717, 1.165) is 12.4 Å². The van der Waals surface area contributed by atoms with Gasteiger partial charge in [0.25, 0.3) is 0 Å². The van der Waals surface area contributed by atoms with Crippen LogP contribution in [0.5, 0.6) is 0 Å². The molecule has 1 atom stereocenters. The molecule has 1 unspecified atom stereocenters. The smallest absolute Gasteiger partial charge is 0.150 e. The SMILES string of the molecule is CC(CNC(C)(C)C)n1ccnc1-c1cccs1. The van der Waals surface area contributed by atoms with Crippen molar-refractivity contribution in [1.82, 2.24) is 14.9 Å². The van der Waals surface area contributed by atoms with Crippen molar-refractivity contribution in [3.8, 4) is 10.7 Å². The third-order valence-electron chi connectivity index (χ3n) is 2.81. The maximum Gasteiger partial charge on any atom is 0.150 e. The van der Waals surface area contributed by atoms with Gasteiger partial charge in [-0.05, 0) is 39.1 Å². The molecule has 0 amide bonds. The zero-order chi connectivity index (χ0) is 13.2. The van der Waals surface area contributed by atoms with Crippen LogP contribution in [0.15, 0.2) is 29.9 Å². The third kappa shape index (κ3) is 3.21. The first-order valence-electron chi connectivity index (χ1n) is 6.29. The second-order valence-corrected chi connectivity index (χ2v) is 6.56. The van der Waals surface area contributed by atoms with Gasteiger partial charge >= 0.3 is 0 Å². The molecule has 2 aromatic rings. The molecular formula is C14H21N3S. The Morgan fingerprint density at radius 1 is 1.44 bits per heavy atom. The Balaban J connectivity index is 2.12. The summed E-state index contributed by atoms with van der Waals surface area (Å²) >= 11 is 1.73. The molecule has 0 saturated heterocycles. The topological polar surface area (TPSA) is 29.9 Å². The van der Waals surface area contributed by atoms with E-state index < -0.39 is 0 Å². The Morgan fingerprint density at radius 2 is 2.22 bits per heavy atom. The van der Waals surface area contributed by atoms with E-state index in [4.69, 9.17) is 0 Å². The molecule has 0 fully saturated rings. The molecule has 0 spiro atoms. The molecule has 3 nitrogen and oxygen atoms in total. The van der Waals surface area contributed by atoms with Gasteiger partial charge < -0.3 is 9.88 Å². The summed E-state index contributed by atoms with van der Waals surface area (Å²) in [6.45, 7) is 9.73. The van der Waals surface area contributed by atoms with Crippen LogP contribution >= 0.6 is 11.3 Å². The van der Waals surface area contributed by atoms with E-state index >= 15 is 0 Å². The molecule has 0 aliphatic heterocycles. The molecule has 1 N–H and O–H groups in total. The van der Waals surface area contributed by atoms with Gasteiger partial charge in [-0.1, -0.05) is 6.07 Å². The molecular weight excluding hydrogens is 242 g/mol. The molecule has 2 aromatic heterocycles. The van der Waals surface area contributed by atoms with Gasteiger partial charge in [-0.15, -0.1) is 11.3 Å². The number of hydrogen-bond donors (Lipinski definition) is 1. The molecule has 98 valence electrons. The van der Waals surface area contributed by atoms with Gasteiger partial charge in [0.1, 0.15) is 5.82 Å². The van der Waals surface area contributed by atoms with Crippen molar-refractivity contribution >= 4 is 11.3 Å². The Labute approximate surface area is 113 Å². The molecule has 2 rings (SSSR count). The highest BCUT2D eigenvalue weighted by Gasteiger charge is 2.15. The first-order chi connectivity index (χ1) is 8.47. The second kappa shape index (κ2) is 5.24. The Kier molecular flexibility index (Phi) is 3.88. The number of imidazole rings is 1. The summed E-state index contributed by atoms with van der Waals surface area (Å²) in [4.78, 5) is 5.69.